The number of fused-ring (bicyclic) bond motifs is 14. The van der Waals surface area contributed by atoms with E-state index in [-0.39, 0.29) is 0 Å². The fraction of sp³-hybridized carbons (Fsp3) is 0. The monoisotopic (exact) mass is 548 g/mol. The smallest absolute Gasteiger partial charge is 0.165 e. The van der Waals surface area contributed by atoms with Crippen LogP contribution in [0.3, 0.4) is 0 Å². The summed E-state index contributed by atoms with van der Waals surface area (Å²) in [6, 6.07) is 42.7. The van der Waals surface area contributed by atoms with E-state index in [2.05, 4.69) is 93.9 Å². The Morgan fingerprint density at radius 1 is 0.488 bits per heavy atom. The van der Waals surface area contributed by atoms with Gasteiger partial charge in [-0.3, -0.25) is 4.40 Å². The van der Waals surface area contributed by atoms with E-state index in [4.69, 9.17) is 14.4 Å². The maximum Gasteiger partial charge on any atom is 0.165 e. The Hall–Kier alpha value is -5.94. The molecule has 0 fully saturated rings. The second-order valence-electron chi connectivity index (χ2n) is 11.4. The molecule has 198 valence electrons. The lowest BCUT2D eigenvalue weighted by atomic mass is 10.0. The Morgan fingerprint density at radius 3 is 2.12 bits per heavy atom. The van der Waals surface area contributed by atoms with Gasteiger partial charge in [-0.1, -0.05) is 66.7 Å². The van der Waals surface area contributed by atoms with Crippen molar-refractivity contribution >= 4 is 93.1 Å². The fourth-order valence-corrected chi connectivity index (χ4v) is 7.49. The van der Waals surface area contributed by atoms with Crippen LogP contribution >= 0.6 is 0 Å². The molecular weight excluding hydrogens is 528 g/mol. The lowest BCUT2D eigenvalue weighted by Crippen LogP contribution is -1.93. The zero-order valence-corrected chi connectivity index (χ0v) is 22.7. The van der Waals surface area contributed by atoms with Gasteiger partial charge in [0.05, 0.1) is 33.1 Å². The molecule has 0 atom stereocenters. The van der Waals surface area contributed by atoms with Crippen LogP contribution in [0.1, 0.15) is 0 Å². The van der Waals surface area contributed by atoms with Crippen LogP contribution in [0.15, 0.2) is 126 Å². The van der Waals surface area contributed by atoms with Crippen molar-refractivity contribution in [3.63, 3.8) is 0 Å². The molecule has 0 bridgehead atoms. The van der Waals surface area contributed by atoms with Gasteiger partial charge < -0.3 is 8.98 Å². The van der Waals surface area contributed by atoms with Gasteiger partial charge in [0.15, 0.2) is 5.65 Å². The van der Waals surface area contributed by atoms with Gasteiger partial charge in [-0.25, -0.2) is 9.97 Å². The minimum atomic E-state index is 0.892. The van der Waals surface area contributed by atoms with Crippen molar-refractivity contribution in [2.75, 3.05) is 0 Å². The van der Waals surface area contributed by atoms with Crippen LogP contribution < -0.4 is 0 Å². The minimum Gasteiger partial charge on any atom is -0.456 e. The lowest BCUT2D eigenvalue weighted by Gasteiger charge is -2.08. The first-order valence-corrected chi connectivity index (χ1v) is 14.5. The summed E-state index contributed by atoms with van der Waals surface area (Å²) >= 11 is 0. The summed E-state index contributed by atoms with van der Waals surface area (Å²) in [5.74, 6) is 0. The molecule has 6 aromatic carbocycles. The van der Waals surface area contributed by atoms with Gasteiger partial charge in [-0.2, -0.15) is 0 Å². The molecule has 5 heterocycles. The first kappa shape index (κ1) is 21.8. The van der Waals surface area contributed by atoms with Crippen molar-refractivity contribution < 1.29 is 4.42 Å². The molecule has 5 nitrogen and oxygen atoms in total. The highest BCUT2D eigenvalue weighted by Gasteiger charge is 2.24. The molecule has 0 aliphatic carbocycles. The van der Waals surface area contributed by atoms with Crippen molar-refractivity contribution in [1.29, 1.82) is 0 Å². The number of aromatic nitrogens is 4. The summed E-state index contributed by atoms with van der Waals surface area (Å²) in [7, 11) is 0. The molecule has 11 rings (SSSR count). The molecular formula is C38H20N4O. The summed E-state index contributed by atoms with van der Waals surface area (Å²) in [5, 5.41) is 8.34. The third-order valence-corrected chi connectivity index (χ3v) is 9.23. The highest BCUT2D eigenvalue weighted by molar-refractivity contribution is 6.32. The SMILES string of the molecule is c1ccc2nc3c(nc2c1)c1cccc2c4c5c6ccccc6n(-c6ccc7c(c6)oc6ccccc67)c5ccc4n3c12. The van der Waals surface area contributed by atoms with Crippen LogP contribution in [0.4, 0.5) is 0 Å². The maximum absolute atomic E-state index is 6.30. The molecule has 11 aromatic rings. The molecule has 0 unspecified atom stereocenters. The first-order valence-electron chi connectivity index (χ1n) is 14.5. The van der Waals surface area contributed by atoms with E-state index in [1.807, 2.05) is 36.4 Å². The summed E-state index contributed by atoms with van der Waals surface area (Å²) in [6.45, 7) is 0. The van der Waals surface area contributed by atoms with Crippen molar-refractivity contribution in [3.8, 4) is 5.69 Å². The quantitative estimate of drug-likeness (QED) is 0.205. The summed E-state index contributed by atoms with van der Waals surface area (Å²) < 4.78 is 11.0. The molecule has 0 saturated heterocycles. The van der Waals surface area contributed by atoms with Crippen LogP contribution in [0.5, 0.6) is 0 Å². The molecule has 0 N–H and O–H groups in total. The van der Waals surface area contributed by atoms with Crippen molar-refractivity contribution in [3.05, 3.63) is 121 Å². The van der Waals surface area contributed by atoms with E-state index >= 15 is 0 Å². The number of furan rings is 1. The van der Waals surface area contributed by atoms with Crippen LogP contribution in [0, 0.1) is 0 Å². The molecule has 43 heavy (non-hydrogen) atoms. The van der Waals surface area contributed by atoms with Gasteiger partial charge in [-0.05, 0) is 48.5 Å². The van der Waals surface area contributed by atoms with Crippen LogP contribution in [-0.2, 0) is 0 Å². The summed E-state index contributed by atoms with van der Waals surface area (Å²) in [5.41, 5.74) is 11.2. The van der Waals surface area contributed by atoms with Crippen LogP contribution in [0.25, 0.3) is 98.8 Å². The number of rotatable bonds is 1. The number of benzene rings is 6. The number of para-hydroxylation sites is 5. The molecule has 0 amide bonds. The Labute approximate surface area is 243 Å². The van der Waals surface area contributed by atoms with E-state index in [0.29, 0.717) is 0 Å². The van der Waals surface area contributed by atoms with Crippen LogP contribution in [-0.4, -0.2) is 18.9 Å². The number of hydrogen-bond acceptors (Lipinski definition) is 3. The summed E-state index contributed by atoms with van der Waals surface area (Å²) in [4.78, 5) is 10.2. The fourth-order valence-electron chi connectivity index (χ4n) is 7.49. The van der Waals surface area contributed by atoms with Crippen molar-refractivity contribution in [2.24, 2.45) is 0 Å². The Morgan fingerprint density at radius 2 is 1.19 bits per heavy atom. The molecule has 5 heteroatoms. The Balaban J connectivity index is 1.30. The zero-order chi connectivity index (χ0) is 27.8. The molecule has 0 aliphatic rings. The minimum absolute atomic E-state index is 0.892. The zero-order valence-electron chi connectivity index (χ0n) is 22.7. The molecule has 5 aromatic heterocycles. The maximum atomic E-state index is 6.30. The normalized spacial score (nSPS) is 12.7. The van der Waals surface area contributed by atoms with Crippen LogP contribution in [0.2, 0.25) is 0 Å². The number of hydrogen-bond donors (Lipinski definition) is 0. The van der Waals surface area contributed by atoms with E-state index < -0.39 is 0 Å². The van der Waals surface area contributed by atoms with Gasteiger partial charge in [0.2, 0.25) is 0 Å². The average Bonchev–Trinajstić information content (AvgIpc) is 3.78. The highest BCUT2D eigenvalue weighted by Crippen LogP contribution is 2.44. The molecule has 0 saturated carbocycles. The van der Waals surface area contributed by atoms with E-state index in [0.717, 1.165) is 60.7 Å². The Bertz CT molecular complexity index is 2960. The predicted molar refractivity (Wildman–Crippen MR) is 176 cm³/mol. The van der Waals surface area contributed by atoms with Crippen molar-refractivity contribution in [2.45, 2.75) is 0 Å². The molecule has 0 aliphatic heterocycles. The first-order chi connectivity index (χ1) is 21.3. The highest BCUT2D eigenvalue weighted by atomic mass is 16.3. The van der Waals surface area contributed by atoms with Gasteiger partial charge >= 0.3 is 0 Å². The average molecular weight is 549 g/mol. The van der Waals surface area contributed by atoms with Gasteiger partial charge in [0.1, 0.15) is 16.7 Å². The third-order valence-electron chi connectivity index (χ3n) is 9.23. The topological polar surface area (TPSA) is 48.3 Å². The van der Waals surface area contributed by atoms with E-state index in [1.54, 1.807) is 0 Å². The molecule has 0 spiro atoms. The largest absolute Gasteiger partial charge is 0.456 e. The Kier molecular flexibility index (Phi) is 3.78. The van der Waals surface area contributed by atoms with E-state index in [1.165, 1.54) is 38.1 Å². The van der Waals surface area contributed by atoms with E-state index in [9.17, 15) is 0 Å². The lowest BCUT2D eigenvalue weighted by molar-refractivity contribution is 0.668. The third kappa shape index (κ3) is 2.59. The van der Waals surface area contributed by atoms with Gasteiger partial charge in [0, 0.05) is 49.5 Å². The second kappa shape index (κ2) is 7.46. The standard InChI is InChI=1S/C38H20N4O/c1-5-14-29-24(9-1)34-30(41(29)21-16-17-23-22-8-2-6-15-32(22)43-33(23)20-21)18-19-31-35(34)25-10-7-11-26-36-38(42(31)37(25)26)40-28-13-4-3-12-27(28)39-36/h1-20H. The molecule has 0 radical (unpaired) electrons. The van der Waals surface area contributed by atoms with Gasteiger partial charge in [-0.15, -0.1) is 0 Å². The van der Waals surface area contributed by atoms with Crippen molar-refractivity contribution in [1.82, 2.24) is 18.9 Å². The predicted octanol–water partition coefficient (Wildman–Crippen LogP) is 9.78. The second-order valence-corrected chi connectivity index (χ2v) is 11.4. The van der Waals surface area contributed by atoms with Gasteiger partial charge in [0.25, 0.3) is 0 Å². The summed E-state index contributed by atoms with van der Waals surface area (Å²) in [6.07, 6.45) is 0. The number of nitrogens with zero attached hydrogens (tertiary/aromatic N) is 4.